The molecule has 2 amide bonds. The number of hydrogen-bond acceptors (Lipinski definition) is 6. The second kappa shape index (κ2) is 4.37. The van der Waals surface area contributed by atoms with Crippen molar-refractivity contribution in [3.63, 3.8) is 0 Å². The highest BCUT2D eigenvalue weighted by atomic mass is 16.6. The summed E-state index contributed by atoms with van der Waals surface area (Å²) in [6.45, 7) is -0.198. The quantitative estimate of drug-likeness (QED) is 0.343. The maximum Gasteiger partial charge on any atom is 0.385 e. The van der Waals surface area contributed by atoms with Gasteiger partial charge < -0.3 is 4.74 Å². The standard InChI is InChI=1S/C15H12N2O6/c18-12-10-3-1-2-4-11(10)13(19)16(12)9-5-8-6-15(8,17(21)22)14(20)23-7-9/h1-4,8-9H,5-7H2/t8-,9+,15-/m1/s1. The van der Waals surface area contributed by atoms with Crippen molar-refractivity contribution in [1.82, 2.24) is 4.90 Å². The maximum absolute atomic E-state index is 12.5. The molecule has 3 atom stereocenters. The minimum Gasteiger partial charge on any atom is -0.458 e. The number of imide groups is 1. The Kier molecular flexibility index (Phi) is 2.64. The van der Waals surface area contributed by atoms with Gasteiger partial charge in [-0.25, -0.2) is 4.79 Å². The van der Waals surface area contributed by atoms with Crippen molar-refractivity contribution in [3.05, 3.63) is 45.5 Å². The van der Waals surface area contributed by atoms with Gasteiger partial charge in [0.05, 0.1) is 23.1 Å². The summed E-state index contributed by atoms with van der Waals surface area (Å²) in [5, 5.41) is 11.2. The Hall–Kier alpha value is -2.77. The normalized spacial score (nSPS) is 32.0. The first-order valence-electron chi connectivity index (χ1n) is 7.25. The molecule has 1 aromatic carbocycles. The number of nitrogens with zero attached hydrogens (tertiary/aromatic N) is 2. The van der Waals surface area contributed by atoms with Crippen LogP contribution in [0.4, 0.5) is 0 Å². The molecular weight excluding hydrogens is 304 g/mol. The first-order chi connectivity index (χ1) is 11.0. The van der Waals surface area contributed by atoms with E-state index in [2.05, 4.69) is 0 Å². The molecule has 2 fully saturated rings. The molecule has 1 aliphatic carbocycles. The number of esters is 1. The molecule has 2 heterocycles. The topological polar surface area (TPSA) is 107 Å². The van der Waals surface area contributed by atoms with E-state index in [0.717, 1.165) is 4.90 Å². The third-order valence-electron chi connectivity index (χ3n) is 4.91. The molecule has 8 heteroatoms. The van der Waals surface area contributed by atoms with E-state index in [0.29, 0.717) is 11.1 Å². The van der Waals surface area contributed by atoms with Gasteiger partial charge in [0.1, 0.15) is 6.61 Å². The predicted molar refractivity (Wildman–Crippen MR) is 74.1 cm³/mol. The number of nitro groups is 1. The summed E-state index contributed by atoms with van der Waals surface area (Å²) in [6.07, 6.45) is 0.302. The number of cyclic esters (lactones) is 1. The fraction of sp³-hybridized carbons (Fsp3) is 0.400. The van der Waals surface area contributed by atoms with Crippen LogP contribution in [0.1, 0.15) is 33.6 Å². The van der Waals surface area contributed by atoms with Gasteiger partial charge in [-0.1, -0.05) is 12.1 Å². The van der Waals surface area contributed by atoms with E-state index >= 15 is 0 Å². The largest absolute Gasteiger partial charge is 0.458 e. The van der Waals surface area contributed by atoms with Crippen LogP contribution in [0, 0.1) is 16.0 Å². The molecule has 118 valence electrons. The monoisotopic (exact) mass is 316 g/mol. The van der Waals surface area contributed by atoms with Gasteiger partial charge in [0.15, 0.2) is 0 Å². The average molecular weight is 316 g/mol. The van der Waals surface area contributed by atoms with Crippen LogP contribution in [0.3, 0.4) is 0 Å². The number of benzene rings is 1. The fourth-order valence-electron chi connectivity index (χ4n) is 3.56. The minimum absolute atomic E-state index is 0.0957. The molecule has 1 aromatic rings. The van der Waals surface area contributed by atoms with Gasteiger partial charge in [0, 0.05) is 11.3 Å². The Labute approximate surface area is 130 Å². The smallest absolute Gasteiger partial charge is 0.385 e. The zero-order chi connectivity index (χ0) is 16.4. The zero-order valence-corrected chi connectivity index (χ0v) is 11.9. The molecule has 1 saturated carbocycles. The van der Waals surface area contributed by atoms with Gasteiger partial charge in [0.25, 0.3) is 11.8 Å². The molecule has 23 heavy (non-hydrogen) atoms. The number of fused-ring (bicyclic) bond motifs is 2. The Balaban J connectivity index is 1.64. The van der Waals surface area contributed by atoms with Crippen molar-refractivity contribution in [3.8, 4) is 0 Å². The molecule has 2 aliphatic heterocycles. The summed E-state index contributed by atoms with van der Waals surface area (Å²) in [7, 11) is 0. The lowest BCUT2D eigenvalue weighted by molar-refractivity contribution is -0.528. The summed E-state index contributed by atoms with van der Waals surface area (Å²) in [5.41, 5.74) is -1.07. The van der Waals surface area contributed by atoms with Crippen LogP contribution in [0.5, 0.6) is 0 Å². The highest BCUT2D eigenvalue weighted by Gasteiger charge is 2.75. The molecule has 0 spiro atoms. The number of ether oxygens (including phenoxy) is 1. The van der Waals surface area contributed by atoms with Crippen LogP contribution in [0.25, 0.3) is 0 Å². The number of carbonyl (C=O) groups is 3. The number of hydrogen-bond donors (Lipinski definition) is 0. The van der Waals surface area contributed by atoms with Crippen molar-refractivity contribution >= 4 is 17.8 Å². The Morgan fingerprint density at radius 2 is 1.78 bits per heavy atom. The van der Waals surface area contributed by atoms with E-state index in [1.165, 1.54) is 0 Å². The maximum atomic E-state index is 12.5. The molecule has 0 radical (unpaired) electrons. The highest BCUT2D eigenvalue weighted by molar-refractivity contribution is 6.21. The van der Waals surface area contributed by atoms with Crippen LogP contribution < -0.4 is 0 Å². The molecule has 0 aromatic heterocycles. The summed E-state index contributed by atoms with van der Waals surface area (Å²) in [4.78, 5) is 48.5. The zero-order valence-electron chi connectivity index (χ0n) is 11.9. The third-order valence-corrected chi connectivity index (χ3v) is 4.91. The summed E-state index contributed by atoms with van der Waals surface area (Å²) in [5.74, 6) is -2.25. The Morgan fingerprint density at radius 3 is 2.35 bits per heavy atom. The Bertz CT molecular complexity index is 740. The first-order valence-corrected chi connectivity index (χ1v) is 7.25. The molecule has 1 saturated heterocycles. The predicted octanol–water partition coefficient (Wildman–Crippen LogP) is 0.633. The van der Waals surface area contributed by atoms with E-state index in [4.69, 9.17) is 4.74 Å². The van der Waals surface area contributed by atoms with Crippen molar-refractivity contribution in [2.24, 2.45) is 5.92 Å². The lowest BCUT2D eigenvalue weighted by atomic mass is 10.1. The second-order valence-corrected chi connectivity index (χ2v) is 6.10. The molecule has 0 unspecified atom stereocenters. The summed E-state index contributed by atoms with van der Waals surface area (Å²) in [6, 6.07) is 5.80. The van der Waals surface area contributed by atoms with E-state index in [9.17, 15) is 24.5 Å². The van der Waals surface area contributed by atoms with Gasteiger partial charge in [-0.2, -0.15) is 0 Å². The van der Waals surface area contributed by atoms with Crippen LogP contribution in [-0.4, -0.2) is 45.8 Å². The van der Waals surface area contributed by atoms with Gasteiger partial charge >= 0.3 is 11.5 Å². The van der Waals surface area contributed by atoms with E-state index in [-0.39, 0.29) is 19.4 Å². The van der Waals surface area contributed by atoms with Crippen molar-refractivity contribution in [1.29, 1.82) is 0 Å². The average Bonchev–Trinajstić information content (AvgIpc) is 3.22. The lowest BCUT2D eigenvalue weighted by Gasteiger charge is -2.24. The summed E-state index contributed by atoms with van der Waals surface area (Å²) >= 11 is 0. The van der Waals surface area contributed by atoms with Crippen LogP contribution in [0.2, 0.25) is 0 Å². The second-order valence-electron chi connectivity index (χ2n) is 6.10. The fourth-order valence-corrected chi connectivity index (χ4v) is 3.56. The molecule has 3 aliphatic rings. The van der Waals surface area contributed by atoms with E-state index in [1.807, 2.05) is 0 Å². The molecule has 4 rings (SSSR count). The van der Waals surface area contributed by atoms with Crippen molar-refractivity contribution in [2.45, 2.75) is 24.4 Å². The first kappa shape index (κ1) is 13.9. The Morgan fingerprint density at radius 1 is 1.17 bits per heavy atom. The SMILES string of the molecule is O=C1c2ccccc2C(=O)N1[C@@H]1COC(=O)[C@@]2([N+](=O)[O-])C[C@H]2C1. The van der Waals surface area contributed by atoms with Crippen LogP contribution in [-0.2, 0) is 9.53 Å². The molecular formula is C15H12N2O6. The molecule has 0 bridgehead atoms. The molecule has 8 nitrogen and oxygen atoms in total. The van der Waals surface area contributed by atoms with Gasteiger partial charge in [0.2, 0.25) is 0 Å². The molecule has 0 N–H and O–H groups in total. The van der Waals surface area contributed by atoms with E-state index < -0.39 is 40.2 Å². The number of amides is 2. The van der Waals surface area contributed by atoms with Crippen LogP contribution >= 0.6 is 0 Å². The highest BCUT2D eigenvalue weighted by Crippen LogP contribution is 2.52. The van der Waals surface area contributed by atoms with Crippen molar-refractivity contribution in [2.75, 3.05) is 6.61 Å². The van der Waals surface area contributed by atoms with E-state index in [1.54, 1.807) is 24.3 Å². The van der Waals surface area contributed by atoms with Crippen molar-refractivity contribution < 1.29 is 24.0 Å². The van der Waals surface area contributed by atoms with Crippen LogP contribution in [0.15, 0.2) is 24.3 Å². The lowest BCUT2D eigenvalue weighted by Crippen LogP contribution is -2.42. The number of rotatable bonds is 2. The minimum atomic E-state index is -1.69. The van der Waals surface area contributed by atoms with Gasteiger partial charge in [-0.3, -0.25) is 24.6 Å². The third kappa shape index (κ3) is 1.68. The summed E-state index contributed by atoms with van der Waals surface area (Å²) < 4.78 is 5.02. The van der Waals surface area contributed by atoms with Gasteiger partial charge in [-0.15, -0.1) is 0 Å². The van der Waals surface area contributed by atoms with Gasteiger partial charge in [-0.05, 0) is 18.6 Å². The number of carbonyl (C=O) groups excluding carboxylic acids is 3.